The predicted octanol–water partition coefficient (Wildman–Crippen LogP) is 5.19. The molecule has 1 unspecified atom stereocenters. The van der Waals surface area contributed by atoms with Crippen LogP contribution in [0.4, 0.5) is 14.6 Å². The molecule has 40 heavy (non-hydrogen) atoms. The maximum atomic E-state index is 13.8. The van der Waals surface area contributed by atoms with Gasteiger partial charge in [-0.2, -0.15) is 0 Å². The van der Waals surface area contributed by atoms with Crippen LogP contribution >= 0.6 is 23.1 Å². The number of carbonyl (C=O) groups is 4. The summed E-state index contributed by atoms with van der Waals surface area (Å²) in [4.78, 5) is 63.0. The molecule has 1 atom stereocenters. The molecule has 3 aliphatic rings. The van der Waals surface area contributed by atoms with Crippen LogP contribution in [0.1, 0.15) is 70.7 Å². The third kappa shape index (κ3) is 5.58. The average Bonchev–Trinajstić information content (AvgIpc) is 3.35. The SMILES string of the molecule is CC(C)N1C(=O)SC2(CCCN(C3CCN(C(=O)c4c(NC(=O)OC(C)(C)C)sc5ncccc45)CC3)C2)C1=O. The maximum absolute atomic E-state index is 13.8. The zero-order chi connectivity index (χ0) is 28.8. The standard InChI is InChI=1S/C28H37N5O5S2/c1-17(2)33-24(35)28(40-26(33)37)11-7-13-32(16-28)18-9-14-31(15-10-18)23(34)20-19-8-6-12-29-21(19)39-22(20)30-25(36)38-27(3,4)5/h6,8,12,17-18H,7,9-11,13-16H2,1-5H3,(H,30,36). The number of fused-ring (bicyclic) bond motifs is 1. The molecule has 12 heteroatoms. The molecule has 216 valence electrons. The number of likely N-dealkylation sites (tertiary alicyclic amines) is 2. The Hall–Kier alpha value is -2.70. The molecule has 10 nitrogen and oxygen atoms in total. The van der Waals surface area contributed by atoms with Gasteiger partial charge in [-0.25, -0.2) is 9.78 Å². The van der Waals surface area contributed by atoms with Gasteiger partial charge in [0.1, 0.15) is 20.2 Å². The summed E-state index contributed by atoms with van der Waals surface area (Å²) in [7, 11) is 0. The molecule has 3 saturated heterocycles. The highest BCUT2D eigenvalue weighted by atomic mass is 32.2. The van der Waals surface area contributed by atoms with Gasteiger partial charge in [-0.05, 0) is 90.7 Å². The van der Waals surface area contributed by atoms with E-state index in [1.165, 1.54) is 28.0 Å². The molecule has 1 spiro atoms. The van der Waals surface area contributed by atoms with E-state index in [4.69, 9.17) is 4.74 Å². The zero-order valence-corrected chi connectivity index (χ0v) is 25.3. The van der Waals surface area contributed by atoms with Gasteiger partial charge >= 0.3 is 6.09 Å². The van der Waals surface area contributed by atoms with Crippen molar-refractivity contribution in [3.05, 3.63) is 23.9 Å². The lowest BCUT2D eigenvalue weighted by molar-refractivity contribution is -0.132. The molecule has 0 radical (unpaired) electrons. The lowest BCUT2D eigenvalue weighted by Gasteiger charge is -2.44. The number of aromatic nitrogens is 1. The van der Waals surface area contributed by atoms with Gasteiger partial charge in [0.25, 0.3) is 11.1 Å². The second-order valence-corrected chi connectivity index (χ2v) is 14.4. The molecule has 0 bridgehead atoms. The summed E-state index contributed by atoms with van der Waals surface area (Å²) in [5.74, 6) is -0.198. The second kappa shape index (κ2) is 10.9. The van der Waals surface area contributed by atoms with E-state index in [9.17, 15) is 19.2 Å². The van der Waals surface area contributed by atoms with Crippen LogP contribution in [0.2, 0.25) is 0 Å². The third-order valence-electron chi connectivity index (χ3n) is 7.65. The first-order chi connectivity index (χ1) is 18.9. The van der Waals surface area contributed by atoms with Crippen LogP contribution in [0.15, 0.2) is 18.3 Å². The Balaban J connectivity index is 1.28. The first-order valence-corrected chi connectivity index (χ1v) is 15.5. The van der Waals surface area contributed by atoms with E-state index in [2.05, 4.69) is 15.2 Å². The Morgan fingerprint density at radius 1 is 1.18 bits per heavy atom. The minimum absolute atomic E-state index is 0.0576. The van der Waals surface area contributed by atoms with Crippen LogP contribution in [0, 0.1) is 0 Å². The molecule has 2 aromatic heterocycles. The van der Waals surface area contributed by atoms with Gasteiger partial charge < -0.3 is 9.64 Å². The maximum Gasteiger partial charge on any atom is 0.412 e. The van der Waals surface area contributed by atoms with Gasteiger partial charge in [-0.3, -0.25) is 29.5 Å². The molecular weight excluding hydrogens is 550 g/mol. The third-order valence-corrected chi connectivity index (χ3v) is 9.95. The Kier molecular flexibility index (Phi) is 7.88. The van der Waals surface area contributed by atoms with E-state index in [0.717, 1.165) is 25.8 Å². The van der Waals surface area contributed by atoms with Crippen molar-refractivity contribution < 1.29 is 23.9 Å². The first-order valence-electron chi connectivity index (χ1n) is 13.9. The number of hydrogen-bond acceptors (Lipinski definition) is 9. The van der Waals surface area contributed by atoms with Crippen LogP contribution in [0.3, 0.4) is 0 Å². The lowest BCUT2D eigenvalue weighted by Crippen LogP contribution is -2.56. The first kappa shape index (κ1) is 28.8. The largest absolute Gasteiger partial charge is 0.444 e. The number of anilines is 1. The van der Waals surface area contributed by atoms with Crippen LogP contribution in [-0.4, -0.2) is 91.4 Å². The second-order valence-electron chi connectivity index (χ2n) is 12.0. The number of piperidine rings is 2. The van der Waals surface area contributed by atoms with Crippen molar-refractivity contribution >= 4 is 61.5 Å². The summed E-state index contributed by atoms with van der Waals surface area (Å²) in [5, 5.41) is 3.78. The number of carbonyl (C=O) groups excluding carboxylic acids is 4. The minimum Gasteiger partial charge on any atom is -0.444 e. The summed E-state index contributed by atoms with van der Waals surface area (Å²) in [6.45, 7) is 11.7. The smallest absolute Gasteiger partial charge is 0.412 e. The fourth-order valence-corrected chi connectivity index (χ4v) is 8.26. The van der Waals surface area contributed by atoms with Crippen LogP contribution in [0.25, 0.3) is 10.2 Å². The molecule has 0 aliphatic carbocycles. The highest BCUT2D eigenvalue weighted by molar-refractivity contribution is 8.16. The number of imide groups is 1. The minimum atomic E-state index is -0.697. The summed E-state index contributed by atoms with van der Waals surface area (Å²) >= 11 is 2.46. The van der Waals surface area contributed by atoms with Crippen LogP contribution in [0.5, 0.6) is 0 Å². The molecule has 5 heterocycles. The number of nitrogens with zero attached hydrogens (tertiary/aromatic N) is 4. The van der Waals surface area contributed by atoms with Gasteiger partial charge in [-0.15, -0.1) is 0 Å². The van der Waals surface area contributed by atoms with Crippen molar-refractivity contribution in [2.24, 2.45) is 0 Å². The molecule has 5 rings (SSSR count). The number of thiophene rings is 1. The zero-order valence-electron chi connectivity index (χ0n) is 23.7. The molecule has 3 aliphatic heterocycles. The van der Waals surface area contributed by atoms with Gasteiger partial charge in [0.15, 0.2) is 0 Å². The number of hydrogen-bond donors (Lipinski definition) is 1. The van der Waals surface area contributed by atoms with E-state index in [1.807, 2.05) is 24.8 Å². The van der Waals surface area contributed by atoms with Gasteiger partial charge in [0.05, 0.1) is 5.56 Å². The molecule has 0 aromatic carbocycles. The monoisotopic (exact) mass is 587 g/mol. The molecule has 2 aromatic rings. The number of thioether (sulfide) groups is 1. The Bertz CT molecular complexity index is 1330. The van der Waals surface area contributed by atoms with Crippen molar-refractivity contribution in [1.29, 1.82) is 0 Å². The fourth-order valence-electron chi connectivity index (χ4n) is 5.85. The summed E-state index contributed by atoms with van der Waals surface area (Å²) < 4.78 is 4.73. The Morgan fingerprint density at radius 3 is 2.55 bits per heavy atom. The van der Waals surface area contributed by atoms with Crippen molar-refractivity contribution in [1.82, 2.24) is 19.7 Å². The van der Waals surface area contributed by atoms with Crippen molar-refractivity contribution in [2.45, 2.75) is 82.7 Å². The number of pyridine rings is 1. The Labute approximate surface area is 242 Å². The highest BCUT2D eigenvalue weighted by Gasteiger charge is 2.55. The van der Waals surface area contributed by atoms with E-state index in [1.54, 1.807) is 33.0 Å². The quantitative estimate of drug-likeness (QED) is 0.521. The average molecular weight is 588 g/mol. The molecule has 3 fully saturated rings. The predicted molar refractivity (Wildman–Crippen MR) is 157 cm³/mol. The van der Waals surface area contributed by atoms with Crippen molar-refractivity contribution in [3.8, 4) is 0 Å². The van der Waals surface area contributed by atoms with Gasteiger partial charge in [-0.1, -0.05) is 11.3 Å². The van der Waals surface area contributed by atoms with Crippen molar-refractivity contribution in [2.75, 3.05) is 31.5 Å². The highest BCUT2D eigenvalue weighted by Crippen LogP contribution is 2.45. The van der Waals surface area contributed by atoms with E-state index in [-0.39, 0.29) is 29.1 Å². The molecule has 1 N–H and O–H groups in total. The van der Waals surface area contributed by atoms with E-state index in [0.29, 0.717) is 46.8 Å². The number of amides is 4. The summed E-state index contributed by atoms with van der Waals surface area (Å²) in [6.07, 6.45) is 4.19. The summed E-state index contributed by atoms with van der Waals surface area (Å²) in [6, 6.07) is 3.73. The number of rotatable bonds is 4. The number of ether oxygens (including phenoxy) is 1. The van der Waals surface area contributed by atoms with Gasteiger partial charge in [0.2, 0.25) is 5.91 Å². The van der Waals surface area contributed by atoms with Gasteiger partial charge in [0, 0.05) is 43.3 Å². The van der Waals surface area contributed by atoms with E-state index >= 15 is 0 Å². The van der Waals surface area contributed by atoms with Crippen molar-refractivity contribution in [3.63, 3.8) is 0 Å². The topological polar surface area (TPSA) is 112 Å². The molecular formula is C28H37N5O5S2. The summed E-state index contributed by atoms with van der Waals surface area (Å²) in [5.41, 5.74) is -0.227. The van der Waals surface area contributed by atoms with Crippen LogP contribution < -0.4 is 5.32 Å². The number of nitrogens with one attached hydrogen (secondary N) is 1. The lowest BCUT2D eigenvalue weighted by atomic mass is 9.91. The molecule has 0 saturated carbocycles. The fraction of sp³-hybridized carbons (Fsp3) is 0.607. The molecule has 4 amide bonds. The Morgan fingerprint density at radius 2 is 1.90 bits per heavy atom. The van der Waals surface area contributed by atoms with E-state index < -0.39 is 16.4 Å². The normalized spacial score (nSPS) is 23.1. The van der Waals surface area contributed by atoms with Crippen LogP contribution in [-0.2, 0) is 9.53 Å².